The van der Waals surface area contributed by atoms with E-state index in [4.69, 9.17) is 4.74 Å². The Kier molecular flexibility index (Phi) is 5.00. The van der Waals surface area contributed by atoms with Crippen LogP contribution in [0.2, 0.25) is 0 Å². The molecule has 2 aromatic rings. The van der Waals surface area contributed by atoms with Gasteiger partial charge in [-0.1, -0.05) is 36.4 Å². The second-order valence-corrected chi connectivity index (χ2v) is 6.92. The number of allylic oxidation sites excluding steroid dienone is 1. The van der Waals surface area contributed by atoms with E-state index >= 15 is 0 Å². The minimum atomic E-state index is -1.22. The second kappa shape index (κ2) is 7.10. The van der Waals surface area contributed by atoms with E-state index < -0.39 is 12.2 Å². The van der Waals surface area contributed by atoms with E-state index in [9.17, 15) is 19.8 Å². The summed E-state index contributed by atoms with van der Waals surface area (Å²) < 4.78 is 5.54. The van der Waals surface area contributed by atoms with E-state index in [0.717, 1.165) is 5.57 Å². The van der Waals surface area contributed by atoms with Gasteiger partial charge in [0.05, 0.1) is 18.8 Å². The molecule has 0 saturated heterocycles. The smallest absolute Gasteiger partial charge is 0.198 e. The Labute approximate surface area is 157 Å². The molecule has 0 saturated carbocycles. The third-order valence-corrected chi connectivity index (χ3v) is 4.77. The van der Waals surface area contributed by atoms with Gasteiger partial charge < -0.3 is 14.9 Å². The Bertz CT molecular complexity index is 955. The molecule has 0 bridgehead atoms. The van der Waals surface area contributed by atoms with E-state index in [-0.39, 0.29) is 28.4 Å². The summed E-state index contributed by atoms with van der Waals surface area (Å²) in [5.74, 6) is -0.351. The molecule has 2 unspecified atom stereocenters. The third kappa shape index (κ3) is 3.09. The van der Waals surface area contributed by atoms with Crippen molar-refractivity contribution in [3.05, 3.63) is 75.9 Å². The van der Waals surface area contributed by atoms with Crippen molar-refractivity contribution >= 4 is 11.6 Å². The van der Waals surface area contributed by atoms with Gasteiger partial charge in [-0.25, -0.2) is 0 Å². The molecule has 0 fully saturated rings. The number of benzene rings is 2. The molecular formula is C22H22O5. The number of fused-ring (bicyclic) bond motifs is 2. The van der Waals surface area contributed by atoms with Gasteiger partial charge in [-0.3, -0.25) is 9.59 Å². The molecule has 5 heteroatoms. The number of rotatable bonds is 5. The number of methoxy groups -OCH3 is 1. The SMILES string of the molecule is C=C(C)Cc1c(C(O)C(C)O)cc2c(c1OC)C(=O)c1ccccc1C2=O. The zero-order valence-corrected chi connectivity index (χ0v) is 15.6. The van der Waals surface area contributed by atoms with Gasteiger partial charge in [-0.2, -0.15) is 0 Å². The predicted molar refractivity (Wildman–Crippen MR) is 101 cm³/mol. The minimum Gasteiger partial charge on any atom is -0.496 e. The molecule has 2 atom stereocenters. The van der Waals surface area contributed by atoms with Crippen LogP contribution in [0.25, 0.3) is 0 Å². The number of ketones is 2. The lowest BCUT2D eigenvalue weighted by Gasteiger charge is -2.26. The molecule has 0 radical (unpaired) electrons. The highest BCUT2D eigenvalue weighted by Crippen LogP contribution is 2.40. The van der Waals surface area contributed by atoms with Crippen LogP contribution in [0.3, 0.4) is 0 Å². The summed E-state index contributed by atoms with van der Waals surface area (Å²) in [7, 11) is 1.42. The van der Waals surface area contributed by atoms with Gasteiger partial charge in [0.2, 0.25) is 0 Å². The van der Waals surface area contributed by atoms with Gasteiger partial charge >= 0.3 is 0 Å². The summed E-state index contributed by atoms with van der Waals surface area (Å²) in [6.07, 6.45) is -1.93. The van der Waals surface area contributed by atoms with Crippen molar-refractivity contribution in [2.75, 3.05) is 7.11 Å². The summed E-state index contributed by atoms with van der Waals surface area (Å²) in [5.41, 5.74) is 2.74. The topological polar surface area (TPSA) is 83.8 Å². The molecule has 1 aliphatic carbocycles. The Morgan fingerprint density at radius 3 is 2.22 bits per heavy atom. The maximum Gasteiger partial charge on any atom is 0.198 e. The van der Waals surface area contributed by atoms with E-state index in [1.165, 1.54) is 20.1 Å². The molecule has 1 aliphatic rings. The predicted octanol–water partition coefficient (Wildman–Crippen LogP) is 3.00. The Morgan fingerprint density at radius 1 is 1.11 bits per heavy atom. The Morgan fingerprint density at radius 2 is 1.70 bits per heavy atom. The van der Waals surface area contributed by atoms with Crippen LogP contribution in [0.15, 0.2) is 42.5 Å². The number of ether oxygens (including phenoxy) is 1. The number of hydrogen-bond acceptors (Lipinski definition) is 5. The zero-order chi connectivity index (χ0) is 19.9. The van der Waals surface area contributed by atoms with Gasteiger partial charge in [0.1, 0.15) is 11.9 Å². The van der Waals surface area contributed by atoms with Gasteiger partial charge in [0, 0.05) is 22.3 Å². The Balaban J connectivity index is 2.36. The van der Waals surface area contributed by atoms with Crippen molar-refractivity contribution in [1.82, 2.24) is 0 Å². The molecule has 3 rings (SSSR count). The van der Waals surface area contributed by atoms with Gasteiger partial charge in [-0.05, 0) is 31.9 Å². The van der Waals surface area contributed by atoms with E-state index in [2.05, 4.69) is 6.58 Å². The van der Waals surface area contributed by atoms with Crippen LogP contribution in [-0.4, -0.2) is 35.0 Å². The van der Waals surface area contributed by atoms with Crippen LogP contribution in [0, 0.1) is 0 Å². The first kappa shape index (κ1) is 19.0. The second-order valence-electron chi connectivity index (χ2n) is 6.92. The number of carbonyl (C=O) groups excluding carboxylic acids is 2. The summed E-state index contributed by atoms with van der Waals surface area (Å²) in [6.45, 7) is 7.18. The molecule has 0 aromatic heterocycles. The standard InChI is InChI=1S/C22H22O5/c1-11(2)9-16-15(19(24)12(3)23)10-17-18(22(16)27-4)21(26)14-8-6-5-7-13(14)20(17)25/h5-8,10,12,19,23-24H,1,9H2,2-4H3. The normalized spacial score (nSPS) is 15.0. The fourth-order valence-corrected chi connectivity index (χ4v) is 3.52. The largest absolute Gasteiger partial charge is 0.496 e. The van der Waals surface area contributed by atoms with E-state index in [0.29, 0.717) is 28.7 Å². The molecule has 0 spiro atoms. The summed E-state index contributed by atoms with van der Waals surface area (Å²) in [4.78, 5) is 26.2. The van der Waals surface area contributed by atoms with Crippen molar-refractivity contribution in [2.24, 2.45) is 0 Å². The molecule has 0 aliphatic heterocycles. The average molecular weight is 366 g/mol. The first-order chi connectivity index (χ1) is 12.8. The molecule has 2 aromatic carbocycles. The number of hydrogen-bond donors (Lipinski definition) is 2. The van der Waals surface area contributed by atoms with Crippen LogP contribution in [0.1, 0.15) is 62.9 Å². The number of carbonyl (C=O) groups is 2. The van der Waals surface area contributed by atoms with Crippen LogP contribution in [0.5, 0.6) is 5.75 Å². The summed E-state index contributed by atoms with van der Waals surface area (Å²) in [5, 5.41) is 20.4. The quantitative estimate of drug-likeness (QED) is 0.678. The number of aliphatic hydroxyl groups excluding tert-OH is 2. The first-order valence-electron chi connectivity index (χ1n) is 8.70. The van der Waals surface area contributed by atoms with Crippen molar-refractivity contribution in [1.29, 1.82) is 0 Å². The molecule has 0 amide bonds. The zero-order valence-electron chi connectivity index (χ0n) is 15.6. The lowest BCUT2D eigenvalue weighted by atomic mass is 9.79. The first-order valence-corrected chi connectivity index (χ1v) is 8.70. The van der Waals surface area contributed by atoms with Crippen LogP contribution in [0.4, 0.5) is 0 Å². The molecular weight excluding hydrogens is 344 g/mol. The highest BCUT2D eigenvalue weighted by Gasteiger charge is 2.36. The fourth-order valence-electron chi connectivity index (χ4n) is 3.52. The molecule has 5 nitrogen and oxygen atoms in total. The lowest BCUT2D eigenvalue weighted by Crippen LogP contribution is -2.25. The van der Waals surface area contributed by atoms with Crippen molar-refractivity contribution in [3.63, 3.8) is 0 Å². The van der Waals surface area contributed by atoms with Crippen LogP contribution < -0.4 is 4.74 Å². The molecule has 140 valence electrons. The summed E-state index contributed by atoms with van der Waals surface area (Å²) in [6, 6.07) is 8.14. The monoisotopic (exact) mass is 366 g/mol. The van der Waals surface area contributed by atoms with Gasteiger partial charge in [0.25, 0.3) is 0 Å². The molecule has 2 N–H and O–H groups in total. The number of aliphatic hydroxyl groups is 2. The van der Waals surface area contributed by atoms with Crippen molar-refractivity contribution in [2.45, 2.75) is 32.5 Å². The van der Waals surface area contributed by atoms with Crippen LogP contribution >= 0.6 is 0 Å². The third-order valence-electron chi connectivity index (χ3n) is 4.77. The molecule has 27 heavy (non-hydrogen) atoms. The van der Waals surface area contributed by atoms with E-state index in [1.807, 2.05) is 6.92 Å². The average Bonchev–Trinajstić information content (AvgIpc) is 2.64. The maximum atomic E-state index is 13.1. The van der Waals surface area contributed by atoms with Gasteiger partial charge in [0.15, 0.2) is 11.6 Å². The van der Waals surface area contributed by atoms with Gasteiger partial charge in [-0.15, -0.1) is 0 Å². The fraction of sp³-hybridized carbons (Fsp3) is 0.273. The minimum absolute atomic E-state index is 0.177. The Hall–Kier alpha value is -2.76. The van der Waals surface area contributed by atoms with Crippen LogP contribution in [-0.2, 0) is 6.42 Å². The highest BCUT2D eigenvalue weighted by atomic mass is 16.5. The maximum absolute atomic E-state index is 13.1. The molecule has 0 heterocycles. The van der Waals surface area contributed by atoms with E-state index in [1.54, 1.807) is 24.3 Å². The van der Waals surface area contributed by atoms with Crippen molar-refractivity contribution < 1.29 is 24.5 Å². The highest BCUT2D eigenvalue weighted by molar-refractivity contribution is 6.29. The summed E-state index contributed by atoms with van der Waals surface area (Å²) >= 11 is 0. The lowest BCUT2D eigenvalue weighted by molar-refractivity contribution is 0.0298. The van der Waals surface area contributed by atoms with Crippen molar-refractivity contribution in [3.8, 4) is 5.75 Å².